The molecule has 0 radical (unpaired) electrons. The molecule has 0 fully saturated rings. The Kier molecular flexibility index (Phi) is 3.81. The fraction of sp³-hybridized carbons (Fsp3) is 0.167. The number of hydrogen-bond acceptors (Lipinski definition) is 5. The first kappa shape index (κ1) is 15.7. The zero-order valence-corrected chi connectivity index (χ0v) is 13.3. The summed E-state index contributed by atoms with van der Waals surface area (Å²) in [5.41, 5.74) is 7.15. The summed E-state index contributed by atoms with van der Waals surface area (Å²) in [7, 11) is 1.41. The molecule has 0 unspecified atom stereocenters. The maximum atomic E-state index is 12.9. The Hall–Kier alpha value is -3.15. The molecular weight excluding hydrogens is 308 g/mol. The van der Waals surface area contributed by atoms with Crippen LogP contribution in [0.1, 0.15) is 45.2 Å². The van der Waals surface area contributed by atoms with Crippen LogP contribution in [0.4, 0.5) is 11.4 Å². The molecule has 0 aliphatic heterocycles. The van der Waals surface area contributed by atoms with Crippen molar-refractivity contribution in [1.29, 1.82) is 0 Å². The number of hydrogen-bond donors (Lipinski definition) is 2. The second-order valence-electron chi connectivity index (χ2n) is 5.40. The first-order chi connectivity index (χ1) is 11.5. The predicted octanol–water partition coefficient (Wildman–Crippen LogP) is 2.40. The van der Waals surface area contributed by atoms with Crippen LogP contribution in [0.15, 0.2) is 30.3 Å². The van der Waals surface area contributed by atoms with Gasteiger partial charge in [0.1, 0.15) is 5.75 Å². The molecule has 1 aliphatic carbocycles. The summed E-state index contributed by atoms with van der Waals surface area (Å²) >= 11 is 0. The maximum absolute atomic E-state index is 12.9. The first-order valence-electron chi connectivity index (χ1n) is 7.48. The van der Waals surface area contributed by atoms with Crippen LogP contribution < -0.4 is 15.8 Å². The topological polar surface area (TPSA) is 98.5 Å². The summed E-state index contributed by atoms with van der Waals surface area (Å²) in [6.45, 7) is 1.69. The molecule has 1 amide bonds. The number of methoxy groups -OCH3 is 1. The average Bonchev–Trinajstić information content (AvgIpc) is 2.60. The van der Waals surface area contributed by atoms with Crippen LogP contribution in [0.25, 0.3) is 0 Å². The summed E-state index contributed by atoms with van der Waals surface area (Å²) < 4.78 is 5.20. The fourth-order valence-corrected chi connectivity index (χ4v) is 2.80. The zero-order chi connectivity index (χ0) is 17.4. The van der Waals surface area contributed by atoms with E-state index in [1.54, 1.807) is 31.2 Å². The largest absolute Gasteiger partial charge is 0.494 e. The van der Waals surface area contributed by atoms with Gasteiger partial charge in [-0.2, -0.15) is 0 Å². The lowest BCUT2D eigenvalue weighted by Crippen LogP contribution is -2.25. The Balaban J connectivity index is 2.31. The molecule has 0 saturated carbocycles. The van der Waals surface area contributed by atoms with Crippen molar-refractivity contribution in [2.45, 2.75) is 13.3 Å². The van der Waals surface area contributed by atoms with Crippen molar-refractivity contribution in [1.82, 2.24) is 0 Å². The van der Waals surface area contributed by atoms with Gasteiger partial charge in [-0.05, 0) is 0 Å². The molecule has 0 spiro atoms. The highest BCUT2D eigenvalue weighted by molar-refractivity contribution is 6.32. The molecule has 2 aromatic carbocycles. The van der Waals surface area contributed by atoms with E-state index in [9.17, 15) is 14.4 Å². The molecule has 0 aromatic heterocycles. The van der Waals surface area contributed by atoms with E-state index in [1.807, 2.05) is 0 Å². The highest BCUT2D eigenvalue weighted by atomic mass is 16.5. The van der Waals surface area contributed by atoms with Crippen molar-refractivity contribution in [3.05, 3.63) is 52.6 Å². The van der Waals surface area contributed by atoms with E-state index in [2.05, 4.69) is 5.32 Å². The predicted molar refractivity (Wildman–Crippen MR) is 89.6 cm³/mol. The van der Waals surface area contributed by atoms with E-state index in [1.165, 1.54) is 13.2 Å². The minimum Gasteiger partial charge on any atom is -0.494 e. The normalized spacial score (nSPS) is 12.4. The van der Waals surface area contributed by atoms with Gasteiger partial charge in [0.05, 0.1) is 29.6 Å². The van der Waals surface area contributed by atoms with Crippen molar-refractivity contribution < 1.29 is 19.1 Å². The Labute approximate surface area is 138 Å². The number of nitrogens with two attached hydrogens (primary N) is 1. The van der Waals surface area contributed by atoms with Gasteiger partial charge in [-0.1, -0.05) is 31.2 Å². The maximum Gasteiger partial charge on any atom is 0.224 e. The highest BCUT2D eigenvalue weighted by Crippen LogP contribution is 2.40. The Morgan fingerprint density at radius 2 is 1.71 bits per heavy atom. The van der Waals surface area contributed by atoms with Gasteiger partial charge in [0.2, 0.25) is 5.91 Å². The van der Waals surface area contributed by atoms with Gasteiger partial charge in [-0.3, -0.25) is 14.4 Å². The molecular formula is C18H16N2O4. The van der Waals surface area contributed by atoms with Crippen LogP contribution in [0.2, 0.25) is 0 Å². The van der Waals surface area contributed by atoms with Crippen LogP contribution >= 0.6 is 0 Å². The third-order valence-electron chi connectivity index (χ3n) is 4.02. The van der Waals surface area contributed by atoms with Crippen LogP contribution in [0, 0.1) is 0 Å². The third-order valence-corrected chi connectivity index (χ3v) is 4.02. The van der Waals surface area contributed by atoms with Gasteiger partial charge in [0.25, 0.3) is 0 Å². The number of anilines is 2. The molecule has 3 N–H and O–H groups in total. The first-order valence-corrected chi connectivity index (χ1v) is 7.48. The third kappa shape index (κ3) is 2.23. The Morgan fingerprint density at radius 3 is 2.25 bits per heavy atom. The van der Waals surface area contributed by atoms with E-state index in [4.69, 9.17) is 10.5 Å². The summed E-state index contributed by atoms with van der Waals surface area (Å²) in [6.07, 6.45) is 0.236. The zero-order valence-electron chi connectivity index (χ0n) is 13.3. The average molecular weight is 324 g/mol. The SMILES string of the molecule is CCC(=O)Nc1cc(OC)c(N)c2c1C(=O)c1ccccc1C2=O. The van der Waals surface area contributed by atoms with Crippen molar-refractivity contribution in [2.24, 2.45) is 0 Å². The van der Waals surface area contributed by atoms with E-state index in [0.717, 1.165) is 0 Å². The van der Waals surface area contributed by atoms with E-state index < -0.39 is 0 Å². The lowest BCUT2D eigenvalue weighted by atomic mass is 9.82. The number of nitrogens with one attached hydrogen (secondary N) is 1. The molecule has 122 valence electrons. The standard InChI is InChI=1S/C18H16N2O4/c1-3-13(21)20-11-8-12(24-2)16(19)15-14(11)17(22)9-6-4-5-7-10(9)18(15)23/h4-8H,3,19H2,1-2H3,(H,20,21). The fourth-order valence-electron chi connectivity index (χ4n) is 2.80. The Bertz CT molecular complexity index is 887. The molecule has 6 heteroatoms. The van der Waals surface area contributed by atoms with E-state index in [0.29, 0.717) is 11.1 Å². The summed E-state index contributed by atoms with van der Waals surface area (Å²) in [4.78, 5) is 37.6. The molecule has 1 aliphatic rings. The lowest BCUT2D eigenvalue weighted by Gasteiger charge is -2.23. The van der Waals surface area contributed by atoms with Gasteiger partial charge in [0, 0.05) is 23.6 Å². The molecule has 0 heterocycles. The quantitative estimate of drug-likeness (QED) is 0.721. The molecule has 2 aromatic rings. The van der Waals surface area contributed by atoms with Gasteiger partial charge in [0.15, 0.2) is 11.6 Å². The monoisotopic (exact) mass is 324 g/mol. The van der Waals surface area contributed by atoms with Crippen molar-refractivity contribution in [3.63, 3.8) is 0 Å². The van der Waals surface area contributed by atoms with Gasteiger partial charge in [-0.25, -0.2) is 0 Å². The number of carbonyl (C=O) groups is 3. The summed E-state index contributed by atoms with van der Waals surface area (Å²) in [5.74, 6) is -0.742. The molecule has 3 rings (SSSR count). The number of nitrogen functional groups attached to an aromatic ring is 1. The second-order valence-corrected chi connectivity index (χ2v) is 5.40. The van der Waals surface area contributed by atoms with Gasteiger partial charge < -0.3 is 15.8 Å². The number of rotatable bonds is 3. The van der Waals surface area contributed by atoms with E-state index >= 15 is 0 Å². The van der Waals surface area contributed by atoms with Crippen LogP contribution in [0.3, 0.4) is 0 Å². The minimum atomic E-state index is -0.358. The van der Waals surface area contributed by atoms with Crippen LogP contribution in [-0.2, 0) is 4.79 Å². The molecule has 0 saturated heterocycles. The molecule has 0 bridgehead atoms. The highest BCUT2D eigenvalue weighted by Gasteiger charge is 2.35. The summed E-state index contributed by atoms with van der Waals surface area (Å²) in [5, 5.41) is 2.66. The number of carbonyl (C=O) groups excluding carboxylic acids is 3. The lowest BCUT2D eigenvalue weighted by molar-refractivity contribution is -0.115. The number of ether oxygens (including phenoxy) is 1. The minimum absolute atomic E-state index is 0.0736. The molecule has 6 nitrogen and oxygen atoms in total. The van der Waals surface area contributed by atoms with E-state index in [-0.39, 0.29) is 52.1 Å². The molecule has 24 heavy (non-hydrogen) atoms. The van der Waals surface area contributed by atoms with Crippen molar-refractivity contribution >= 4 is 28.8 Å². The smallest absolute Gasteiger partial charge is 0.224 e. The van der Waals surface area contributed by atoms with Crippen LogP contribution in [0.5, 0.6) is 5.75 Å². The second kappa shape index (κ2) is 5.81. The van der Waals surface area contributed by atoms with Gasteiger partial charge in [-0.15, -0.1) is 0 Å². The number of benzene rings is 2. The van der Waals surface area contributed by atoms with Crippen molar-refractivity contribution in [3.8, 4) is 5.75 Å². The summed E-state index contributed by atoms with van der Waals surface area (Å²) in [6, 6.07) is 8.02. The molecule has 0 atom stereocenters. The van der Waals surface area contributed by atoms with Crippen LogP contribution in [-0.4, -0.2) is 24.6 Å². The Morgan fingerprint density at radius 1 is 1.12 bits per heavy atom. The number of fused-ring (bicyclic) bond motifs is 2. The van der Waals surface area contributed by atoms with Gasteiger partial charge >= 0.3 is 0 Å². The number of amides is 1. The number of ketones is 2. The van der Waals surface area contributed by atoms with Crippen molar-refractivity contribution in [2.75, 3.05) is 18.2 Å².